The average molecular weight is 190 g/mol. The minimum atomic E-state index is -0.729. The van der Waals surface area contributed by atoms with Gasteiger partial charge in [-0.2, -0.15) is 9.98 Å². The fourth-order valence-corrected chi connectivity index (χ4v) is 0.667. The number of nitrogens with zero attached hydrogens (tertiary/aromatic N) is 3. The summed E-state index contributed by atoms with van der Waals surface area (Å²) >= 11 is 5.36. The normalized spacial score (nSPS) is 9.50. The zero-order valence-electron chi connectivity index (χ0n) is 5.83. The van der Waals surface area contributed by atoms with Crippen molar-refractivity contribution in [1.82, 2.24) is 9.97 Å². The molecule has 1 aromatic rings. The van der Waals surface area contributed by atoms with Crippen LogP contribution in [0.5, 0.6) is 0 Å². The van der Waals surface area contributed by atoms with Gasteiger partial charge in [-0.15, -0.1) is 0 Å². The molecular weight excluding hydrogens is 185 g/mol. The Morgan fingerprint density at radius 2 is 2.25 bits per heavy atom. The lowest BCUT2D eigenvalue weighted by Crippen LogP contribution is -2.22. The summed E-state index contributed by atoms with van der Waals surface area (Å²) in [4.78, 5) is 10.2. The van der Waals surface area contributed by atoms with Gasteiger partial charge in [-0.3, -0.25) is 0 Å². The fraction of sp³-hybridized carbons (Fsp3) is 0. The standard InChI is InChI=1S/C5H5ClFN5/c6-4-10-1-2(7)3(11-4)12-5(8)9/h1H,(H4,8,9,10,11,12). The van der Waals surface area contributed by atoms with Gasteiger partial charge in [0.15, 0.2) is 17.6 Å². The third-order valence-corrected chi connectivity index (χ3v) is 1.11. The second-order valence-corrected chi connectivity index (χ2v) is 2.19. The highest BCUT2D eigenvalue weighted by Gasteiger charge is 2.03. The van der Waals surface area contributed by atoms with E-state index in [-0.39, 0.29) is 17.1 Å². The highest BCUT2D eigenvalue weighted by molar-refractivity contribution is 6.28. The van der Waals surface area contributed by atoms with Crippen molar-refractivity contribution in [1.29, 1.82) is 0 Å². The molecule has 0 saturated carbocycles. The van der Waals surface area contributed by atoms with Crippen molar-refractivity contribution in [2.75, 3.05) is 0 Å². The van der Waals surface area contributed by atoms with E-state index in [2.05, 4.69) is 15.0 Å². The van der Waals surface area contributed by atoms with Crippen LogP contribution in [-0.2, 0) is 0 Å². The van der Waals surface area contributed by atoms with Crippen molar-refractivity contribution in [3.63, 3.8) is 0 Å². The van der Waals surface area contributed by atoms with Gasteiger partial charge in [0.2, 0.25) is 5.28 Å². The topological polar surface area (TPSA) is 90.2 Å². The first-order valence-electron chi connectivity index (χ1n) is 2.87. The Labute approximate surface area is 72.3 Å². The fourth-order valence-electron chi connectivity index (χ4n) is 0.538. The number of guanidine groups is 1. The highest BCUT2D eigenvalue weighted by atomic mass is 35.5. The summed E-state index contributed by atoms with van der Waals surface area (Å²) in [6, 6.07) is 0. The first-order chi connectivity index (χ1) is 5.59. The van der Waals surface area contributed by atoms with E-state index in [1.54, 1.807) is 0 Å². The van der Waals surface area contributed by atoms with Gasteiger partial charge in [0.05, 0.1) is 6.20 Å². The van der Waals surface area contributed by atoms with E-state index in [1.807, 2.05) is 0 Å². The summed E-state index contributed by atoms with van der Waals surface area (Å²) in [5.41, 5.74) is 10.0. The van der Waals surface area contributed by atoms with Crippen LogP contribution in [0, 0.1) is 5.82 Å². The summed E-state index contributed by atoms with van der Waals surface area (Å²) in [5.74, 6) is -1.29. The predicted molar refractivity (Wildman–Crippen MR) is 42.5 cm³/mol. The van der Waals surface area contributed by atoms with Crippen molar-refractivity contribution in [3.05, 3.63) is 17.3 Å². The summed E-state index contributed by atoms with van der Waals surface area (Å²) in [5, 5.41) is -0.114. The Morgan fingerprint density at radius 3 is 2.83 bits per heavy atom. The van der Waals surface area contributed by atoms with Crippen LogP contribution in [-0.4, -0.2) is 15.9 Å². The molecule has 0 aliphatic carbocycles. The monoisotopic (exact) mass is 189 g/mol. The van der Waals surface area contributed by atoms with Crippen LogP contribution in [0.25, 0.3) is 0 Å². The number of aromatic nitrogens is 2. The van der Waals surface area contributed by atoms with Gasteiger partial charge in [-0.25, -0.2) is 9.37 Å². The Bertz CT molecular complexity index is 322. The molecule has 5 nitrogen and oxygen atoms in total. The van der Waals surface area contributed by atoms with E-state index >= 15 is 0 Å². The largest absolute Gasteiger partial charge is 0.370 e. The molecule has 0 aliphatic rings. The lowest BCUT2D eigenvalue weighted by atomic mass is 10.6. The van der Waals surface area contributed by atoms with Crippen molar-refractivity contribution < 1.29 is 4.39 Å². The van der Waals surface area contributed by atoms with Gasteiger partial charge in [0.1, 0.15) is 0 Å². The van der Waals surface area contributed by atoms with Gasteiger partial charge in [0, 0.05) is 0 Å². The summed E-state index contributed by atoms with van der Waals surface area (Å²) < 4.78 is 12.7. The third kappa shape index (κ3) is 2.03. The molecule has 12 heavy (non-hydrogen) atoms. The zero-order valence-corrected chi connectivity index (χ0v) is 6.59. The van der Waals surface area contributed by atoms with Crippen LogP contribution in [0.15, 0.2) is 11.2 Å². The molecule has 0 aromatic carbocycles. The summed E-state index contributed by atoms with van der Waals surface area (Å²) in [7, 11) is 0. The zero-order chi connectivity index (χ0) is 9.14. The van der Waals surface area contributed by atoms with E-state index in [0.29, 0.717) is 0 Å². The predicted octanol–water partition coefficient (Wildman–Crippen LogP) is 0.174. The van der Waals surface area contributed by atoms with Crippen LogP contribution in [0.1, 0.15) is 0 Å². The molecule has 7 heteroatoms. The average Bonchev–Trinajstić information content (AvgIpc) is 1.96. The molecule has 1 aromatic heterocycles. The van der Waals surface area contributed by atoms with Gasteiger partial charge in [-0.05, 0) is 11.6 Å². The molecule has 4 N–H and O–H groups in total. The minimum absolute atomic E-state index is 0.114. The molecule has 1 rings (SSSR count). The van der Waals surface area contributed by atoms with Crippen molar-refractivity contribution >= 4 is 23.4 Å². The third-order valence-electron chi connectivity index (χ3n) is 0.931. The lowest BCUT2D eigenvalue weighted by molar-refractivity contribution is 0.616. The maximum Gasteiger partial charge on any atom is 0.224 e. The number of nitrogens with two attached hydrogens (primary N) is 2. The van der Waals surface area contributed by atoms with Crippen molar-refractivity contribution in [2.24, 2.45) is 16.5 Å². The Hall–Kier alpha value is -1.43. The number of hydrogen-bond donors (Lipinski definition) is 2. The van der Waals surface area contributed by atoms with Crippen LogP contribution >= 0.6 is 11.6 Å². The van der Waals surface area contributed by atoms with Gasteiger partial charge in [-0.1, -0.05) is 0 Å². The second-order valence-electron chi connectivity index (χ2n) is 1.85. The summed E-state index contributed by atoms with van der Waals surface area (Å²) in [6.07, 6.45) is 0.886. The molecule has 0 atom stereocenters. The number of hydrogen-bond acceptors (Lipinski definition) is 3. The van der Waals surface area contributed by atoms with Crippen molar-refractivity contribution in [2.45, 2.75) is 0 Å². The molecular formula is C5H5ClFN5. The van der Waals surface area contributed by atoms with E-state index in [4.69, 9.17) is 23.1 Å². The highest BCUT2D eigenvalue weighted by Crippen LogP contribution is 2.14. The summed E-state index contributed by atoms with van der Waals surface area (Å²) in [6.45, 7) is 0. The molecule has 0 bridgehead atoms. The molecule has 0 spiro atoms. The molecule has 0 amide bonds. The van der Waals surface area contributed by atoms with E-state index in [1.165, 1.54) is 0 Å². The molecule has 1 heterocycles. The first kappa shape index (κ1) is 8.66. The van der Waals surface area contributed by atoms with Gasteiger partial charge >= 0.3 is 0 Å². The van der Waals surface area contributed by atoms with Crippen LogP contribution in [0.4, 0.5) is 10.2 Å². The molecule has 0 fully saturated rings. The smallest absolute Gasteiger partial charge is 0.224 e. The SMILES string of the molecule is NC(N)=Nc1nc(Cl)ncc1F. The van der Waals surface area contributed by atoms with E-state index in [9.17, 15) is 4.39 Å². The number of aliphatic imine (C=N–C) groups is 1. The molecule has 0 unspecified atom stereocenters. The number of halogens is 2. The number of rotatable bonds is 1. The minimum Gasteiger partial charge on any atom is -0.370 e. The lowest BCUT2D eigenvalue weighted by Gasteiger charge is -1.95. The Kier molecular flexibility index (Phi) is 2.39. The second kappa shape index (κ2) is 3.31. The van der Waals surface area contributed by atoms with Crippen molar-refractivity contribution in [3.8, 4) is 0 Å². The molecule has 64 valence electrons. The van der Waals surface area contributed by atoms with Gasteiger partial charge in [0.25, 0.3) is 0 Å². The molecule has 0 radical (unpaired) electrons. The van der Waals surface area contributed by atoms with Crippen LogP contribution in [0.2, 0.25) is 5.28 Å². The van der Waals surface area contributed by atoms with E-state index in [0.717, 1.165) is 6.20 Å². The quantitative estimate of drug-likeness (QED) is 0.375. The maximum atomic E-state index is 12.7. The molecule has 0 aliphatic heterocycles. The Morgan fingerprint density at radius 1 is 1.58 bits per heavy atom. The molecule has 0 saturated heterocycles. The van der Waals surface area contributed by atoms with Gasteiger partial charge < -0.3 is 11.5 Å². The maximum absolute atomic E-state index is 12.7. The van der Waals surface area contributed by atoms with E-state index < -0.39 is 5.82 Å². The first-order valence-corrected chi connectivity index (χ1v) is 3.25. The van der Waals surface area contributed by atoms with Crippen LogP contribution in [0.3, 0.4) is 0 Å². The Balaban J connectivity index is 3.14. The van der Waals surface area contributed by atoms with Crippen LogP contribution < -0.4 is 11.5 Å².